The molecule has 1 aliphatic rings. The lowest BCUT2D eigenvalue weighted by molar-refractivity contribution is 0.375. The van der Waals surface area contributed by atoms with E-state index in [0.29, 0.717) is 5.82 Å². The standard InChI is InChI=1S/C15H20N4O4S/c1-22-13-8-6-11(7-9-13)15-17-14(23-18-15)10-16-24(20,21)19-12-4-2-3-5-12/h6-9,12,16,19H,2-5,10H2,1H3. The fourth-order valence-corrected chi connectivity index (χ4v) is 3.72. The van der Waals surface area contributed by atoms with Crippen LogP contribution < -0.4 is 14.2 Å². The van der Waals surface area contributed by atoms with Crippen LogP contribution in [-0.2, 0) is 16.8 Å². The molecule has 0 spiro atoms. The minimum absolute atomic E-state index is 0.0139. The van der Waals surface area contributed by atoms with Crippen molar-refractivity contribution in [2.45, 2.75) is 38.3 Å². The molecule has 1 saturated carbocycles. The maximum atomic E-state index is 12.0. The van der Waals surface area contributed by atoms with Crippen LogP contribution >= 0.6 is 0 Å². The van der Waals surface area contributed by atoms with Gasteiger partial charge in [-0.05, 0) is 37.1 Å². The third-order valence-electron chi connectivity index (χ3n) is 3.91. The Balaban J connectivity index is 1.59. The van der Waals surface area contributed by atoms with Gasteiger partial charge in [0.1, 0.15) is 5.75 Å². The molecule has 1 fully saturated rings. The number of nitrogens with one attached hydrogen (secondary N) is 2. The van der Waals surface area contributed by atoms with Gasteiger partial charge in [0.05, 0.1) is 13.7 Å². The summed E-state index contributed by atoms with van der Waals surface area (Å²) in [6, 6.07) is 7.21. The van der Waals surface area contributed by atoms with E-state index in [9.17, 15) is 8.42 Å². The third kappa shape index (κ3) is 4.31. The lowest BCUT2D eigenvalue weighted by Crippen LogP contribution is -2.41. The van der Waals surface area contributed by atoms with Crippen molar-refractivity contribution in [2.24, 2.45) is 0 Å². The van der Waals surface area contributed by atoms with Crippen LogP contribution in [0.15, 0.2) is 28.8 Å². The Hall–Kier alpha value is -1.97. The molecule has 3 rings (SSSR count). The summed E-state index contributed by atoms with van der Waals surface area (Å²) in [6.45, 7) is -0.0504. The molecule has 130 valence electrons. The monoisotopic (exact) mass is 352 g/mol. The van der Waals surface area contributed by atoms with Gasteiger partial charge in [-0.25, -0.2) is 0 Å². The third-order valence-corrected chi connectivity index (χ3v) is 5.07. The van der Waals surface area contributed by atoms with E-state index in [2.05, 4.69) is 19.6 Å². The molecule has 1 aliphatic carbocycles. The summed E-state index contributed by atoms with van der Waals surface area (Å²) in [5, 5.41) is 3.86. The first-order chi connectivity index (χ1) is 11.6. The first-order valence-electron chi connectivity index (χ1n) is 7.80. The van der Waals surface area contributed by atoms with Gasteiger partial charge in [-0.1, -0.05) is 18.0 Å². The van der Waals surface area contributed by atoms with Crippen LogP contribution in [0.1, 0.15) is 31.6 Å². The number of benzene rings is 1. The summed E-state index contributed by atoms with van der Waals surface area (Å²) in [5.41, 5.74) is 0.762. The second-order valence-corrected chi connectivity index (χ2v) is 7.20. The van der Waals surface area contributed by atoms with Crippen LogP contribution in [0, 0.1) is 0 Å². The van der Waals surface area contributed by atoms with Gasteiger partial charge in [0.25, 0.3) is 10.2 Å². The highest BCUT2D eigenvalue weighted by atomic mass is 32.2. The minimum Gasteiger partial charge on any atom is -0.497 e. The highest BCUT2D eigenvalue weighted by Gasteiger charge is 2.21. The fourth-order valence-electron chi connectivity index (χ4n) is 2.65. The highest BCUT2D eigenvalue weighted by molar-refractivity contribution is 7.87. The predicted molar refractivity (Wildman–Crippen MR) is 87.4 cm³/mol. The maximum Gasteiger partial charge on any atom is 0.277 e. The number of aromatic nitrogens is 2. The number of ether oxygens (including phenoxy) is 1. The molecule has 9 heteroatoms. The van der Waals surface area contributed by atoms with Gasteiger partial charge < -0.3 is 9.26 Å². The molecule has 0 bridgehead atoms. The van der Waals surface area contributed by atoms with E-state index in [0.717, 1.165) is 37.0 Å². The van der Waals surface area contributed by atoms with E-state index in [4.69, 9.17) is 9.26 Å². The largest absolute Gasteiger partial charge is 0.497 e. The first-order valence-corrected chi connectivity index (χ1v) is 9.28. The smallest absolute Gasteiger partial charge is 0.277 e. The van der Waals surface area contributed by atoms with Crippen molar-refractivity contribution >= 4 is 10.2 Å². The molecule has 0 atom stereocenters. The maximum absolute atomic E-state index is 12.0. The van der Waals surface area contributed by atoms with Crippen molar-refractivity contribution in [3.05, 3.63) is 30.2 Å². The van der Waals surface area contributed by atoms with Crippen molar-refractivity contribution in [3.63, 3.8) is 0 Å². The van der Waals surface area contributed by atoms with Crippen molar-refractivity contribution in [2.75, 3.05) is 7.11 Å². The van der Waals surface area contributed by atoms with Crippen LogP contribution in [0.4, 0.5) is 0 Å². The average molecular weight is 352 g/mol. The van der Waals surface area contributed by atoms with E-state index < -0.39 is 10.2 Å². The molecular formula is C15H20N4O4S. The predicted octanol–water partition coefficient (Wildman–Crippen LogP) is 1.61. The Kier molecular flexibility index (Phi) is 5.12. The molecule has 24 heavy (non-hydrogen) atoms. The molecule has 0 radical (unpaired) electrons. The lowest BCUT2D eigenvalue weighted by atomic mass is 10.2. The molecule has 2 aromatic rings. The normalized spacial score (nSPS) is 15.7. The number of rotatable bonds is 7. The van der Waals surface area contributed by atoms with Crippen LogP contribution in [0.25, 0.3) is 11.4 Å². The zero-order chi connectivity index (χ0) is 17.0. The van der Waals surface area contributed by atoms with Gasteiger partial charge in [-0.15, -0.1) is 0 Å². The first kappa shape index (κ1) is 16.9. The van der Waals surface area contributed by atoms with E-state index in [1.807, 2.05) is 0 Å². The van der Waals surface area contributed by atoms with Gasteiger partial charge >= 0.3 is 0 Å². The second-order valence-electron chi connectivity index (χ2n) is 5.66. The van der Waals surface area contributed by atoms with E-state index in [-0.39, 0.29) is 18.5 Å². The molecule has 0 aliphatic heterocycles. The minimum atomic E-state index is -3.57. The Morgan fingerprint density at radius 2 is 1.96 bits per heavy atom. The van der Waals surface area contributed by atoms with Gasteiger partial charge in [0.2, 0.25) is 11.7 Å². The summed E-state index contributed by atoms with van der Waals surface area (Å²) >= 11 is 0. The summed E-state index contributed by atoms with van der Waals surface area (Å²) in [5.74, 6) is 1.33. The zero-order valence-corrected chi connectivity index (χ0v) is 14.2. The molecule has 8 nitrogen and oxygen atoms in total. The van der Waals surface area contributed by atoms with Gasteiger partial charge in [-0.3, -0.25) is 0 Å². The SMILES string of the molecule is COc1ccc(-c2noc(CNS(=O)(=O)NC3CCCC3)n2)cc1. The Morgan fingerprint density at radius 3 is 2.62 bits per heavy atom. The number of hydrogen-bond acceptors (Lipinski definition) is 6. The lowest BCUT2D eigenvalue weighted by Gasteiger charge is -2.12. The summed E-state index contributed by atoms with van der Waals surface area (Å²) in [4.78, 5) is 4.20. The van der Waals surface area contributed by atoms with Crippen molar-refractivity contribution in [1.82, 2.24) is 19.6 Å². The van der Waals surface area contributed by atoms with Gasteiger partial charge in [-0.2, -0.15) is 22.8 Å². The van der Waals surface area contributed by atoms with Crippen molar-refractivity contribution < 1.29 is 17.7 Å². The molecule has 2 N–H and O–H groups in total. The molecule has 1 heterocycles. The Labute approximate surface area is 140 Å². The second kappa shape index (κ2) is 7.29. The molecule has 1 aromatic heterocycles. The van der Waals surface area contributed by atoms with Crippen LogP contribution in [0.5, 0.6) is 5.75 Å². The van der Waals surface area contributed by atoms with Crippen molar-refractivity contribution in [1.29, 1.82) is 0 Å². The van der Waals surface area contributed by atoms with Crippen LogP contribution in [0.2, 0.25) is 0 Å². The van der Waals surface area contributed by atoms with E-state index in [1.54, 1.807) is 31.4 Å². The summed E-state index contributed by atoms with van der Waals surface area (Å²) < 4.78 is 39.2. The topological polar surface area (TPSA) is 106 Å². The fraction of sp³-hybridized carbons (Fsp3) is 0.467. The van der Waals surface area contributed by atoms with Crippen molar-refractivity contribution in [3.8, 4) is 17.1 Å². The number of nitrogens with zero attached hydrogens (tertiary/aromatic N) is 2. The molecule has 0 saturated heterocycles. The molecule has 1 aromatic carbocycles. The zero-order valence-electron chi connectivity index (χ0n) is 13.4. The van der Waals surface area contributed by atoms with E-state index >= 15 is 0 Å². The van der Waals surface area contributed by atoms with E-state index in [1.165, 1.54) is 0 Å². The average Bonchev–Trinajstić information content (AvgIpc) is 3.24. The molecule has 0 amide bonds. The molecule has 0 unspecified atom stereocenters. The Morgan fingerprint density at radius 1 is 1.25 bits per heavy atom. The van der Waals surface area contributed by atoms with Crippen LogP contribution in [0.3, 0.4) is 0 Å². The van der Waals surface area contributed by atoms with Crippen LogP contribution in [-0.4, -0.2) is 31.7 Å². The molecular weight excluding hydrogens is 332 g/mol. The Bertz CT molecular complexity index is 767. The van der Waals surface area contributed by atoms with Gasteiger partial charge in [0, 0.05) is 11.6 Å². The number of methoxy groups -OCH3 is 1. The van der Waals surface area contributed by atoms with Gasteiger partial charge in [0.15, 0.2) is 0 Å². The highest BCUT2D eigenvalue weighted by Crippen LogP contribution is 2.20. The summed E-state index contributed by atoms with van der Waals surface area (Å²) in [6.07, 6.45) is 3.87. The summed E-state index contributed by atoms with van der Waals surface area (Å²) in [7, 11) is -1.98. The number of hydrogen-bond donors (Lipinski definition) is 2. The quantitative estimate of drug-likeness (QED) is 0.784.